The van der Waals surface area contributed by atoms with E-state index >= 15 is 0 Å². The molecule has 0 aliphatic heterocycles. The third-order valence-electron chi connectivity index (χ3n) is 8.89. The van der Waals surface area contributed by atoms with Crippen LogP contribution in [0.25, 0.3) is 6.08 Å². The molecule has 11 heteroatoms. The van der Waals surface area contributed by atoms with Gasteiger partial charge in [0, 0.05) is 21.0 Å². The Hall–Kier alpha value is -5.65. The number of amides is 3. The molecule has 282 valence electrons. The van der Waals surface area contributed by atoms with E-state index in [1.54, 1.807) is 55.5 Å². The van der Waals surface area contributed by atoms with Gasteiger partial charge in [-0.2, -0.15) is 0 Å². The molecule has 0 saturated heterocycles. The van der Waals surface area contributed by atoms with Gasteiger partial charge in [0.15, 0.2) is 0 Å². The summed E-state index contributed by atoms with van der Waals surface area (Å²) >= 11 is 2.83. The highest BCUT2D eigenvalue weighted by atomic mass is 32.2. The van der Waals surface area contributed by atoms with Crippen molar-refractivity contribution in [2.24, 2.45) is 0 Å². The molecule has 3 N–H and O–H groups in total. The summed E-state index contributed by atoms with van der Waals surface area (Å²) in [6.45, 7) is 4.38. The van der Waals surface area contributed by atoms with Crippen molar-refractivity contribution in [3.8, 4) is 5.75 Å². The number of esters is 1. The Morgan fingerprint density at radius 1 is 0.836 bits per heavy atom. The predicted octanol–water partition coefficient (Wildman–Crippen LogP) is 9.30. The van der Waals surface area contributed by atoms with Crippen molar-refractivity contribution < 1.29 is 28.7 Å². The number of thiophene rings is 1. The number of carbonyl (C=O) groups excluding carboxylic acids is 4. The molecule has 0 bridgehead atoms. The first kappa shape index (κ1) is 39.1. The van der Waals surface area contributed by atoms with Crippen LogP contribution in [-0.4, -0.2) is 35.5 Å². The van der Waals surface area contributed by atoms with E-state index in [-0.39, 0.29) is 18.2 Å². The highest BCUT2D eigenvalue weighted by molar-refractivity contribution is 8.00. The summed E-state index contributed by atoms with van der Waals surface area (Å²) < 4.78 is 11.3. The summed E-state index contributed by atoms with van der Waals surface area (Å²) in [5.74, 6) is -0.893. The number of thioether (sulfide) groups is 1. The van der Waals surface area contributed by atoms with Crippen LogP contribution in [0.4, 0.5) is 10.7 Å². The molecule has 1 unspecified atom stereocenters. The lowest BCUT2D eigenvalue weighted by Crippen LogP contribution is -2.30. The number of benzene rings is 4. The minimum atomic E-state index is -0.520. The number of ether oxygens (including phenoxy) is 2. The van der Waals surface area contributed by atoms with E-state index in [0.29, 0.717) is 46.2 Å². The molecule has 0 radical (unpaired) electrons. The van der Waals surface area contributed by atoms with Crippen LogP contribution in [0.2, 0.25) is 0 Å². The van der Waals surface area contributed by atoms with Gasteiger partial charge in [-0.25, -0.2) is 4.79 Å². The summed E-state index contributed by atoms with van der Waals surface area (Å²) in [4.78, 5) is 55.5. The SMILES string of the molecule is CCOC(=O)c1c(NC(=O)C(CC)Sc2cccc(NC(=O)/C(=C\c3ccc(OCc4ccccc4)cc3)NC(=O)c3ccccc3)c2)sc2c1CCCC2. The average Bonchev–Trinajstić information content (AvgIpc) is 3.58. The zero-order valence-corrected chi connectivity index (χ0v) is 32.4. The van der Waals surface area contributed by atoms with Crippen LogP contribution in [0.1, 0.15) is 75.4 Å². The van der Waals surface area contributed by atoms with Crippen molar-refractivity contribution in [2.45, 2.75) is 62.7 Å². The Morgan fingerprint density at radius 3 is 2.29 bits per heavy atom. The third-order valence-corrected chi connectivity index (χ3v) is 11.5. The van der Waals surface area contributed by atoms with Crippen LogP contribution >= 0.6 is 23.1 Å². The van der Waals surface area contributed by atoms with E-state index in [9.17, 15) is 19.2 Å². The van der Waals surface area contributed by atoms with E-state index in [2.05, 4.69) is 16.0 Å². The van der Waals surface area contributed by atoms with Gasteiger partial charge in [-0.1, -0.05) is 73.7 Å². The van der Waals surface area contributed by atoms with Crippen LogP contribution in [-0.2, 0) is 33.8 Å². The number of hydrogen-bond donors (Lipinski definition) is 3. The summed E-state index contributed by atoms with van der Waals surface area (Å²) in [6.07, 6.45) is 5.87. The highest BCUT2D eigenvalue weighted by Crippen LogP contribution is 2.39. The van der Waals surface area contributed by atoms with Gasteiger partial charge in [0.25, 0.3) is 11.8 Å². The summed E-state index contributed by atoms with van der Waals surface area (Å²) in [7, 11) is 0. The number of anilines is 2. The van der Waals surface area contributed by atoms with Crippen LogP contribution < -0.4 is 20.7 Å². The fourth-order valence-electron chi connectivity index (χ4n) is 6.11. The molecular formula is C44H43N3O6S2. The van der Waals surface area contributed by atoms with E-state index in [4.69, 9.17) is 9.47 Å². The molecule has 0 saturated carbocycles. The molecule has 0 fully saturated rings. The van der Waals surface area contributed by atoms with E-state index in [0.717, 1.165) is 46.6 Å². The third kappa shape index (κ3) is 10.5. The molecule has 1 aliphatic carbocycles. The molecule has 5 aromatic rings. The van der Waals surface area contributed by atoms with Gasteiger partial charge in [-0.15, -0.1) is 23.1 Å². The molecule has 1 aromatic heterocycles. The van der Waals surface area contributed by atoms with Crippen molar-refractivity contribution in [3.05, 3.63) is 148 Å². The van der Waals surface area contributed by atoms with Crippen molar-refractivity contribution in [3.63, 3.8) is 0 Å². The van der Waals surface area contributed by atoms with Crippen LogP contribution in [0.5, 0.6) is 5.75 Å². The number of carbonyl (C=O) groups is 4. The van der Waals surface area contributed by atoms with Gasteiger partial charge < -0.3 is 25.4 Å². The zero-order chi connectivity index (χ0) is 38.6. The van der Waals surface area contributed by atoms with Gasteiger partial charge in [0.05, 0.1) is 17.4 Å². The summed E-state index contributed by atoms with van der Waals surface area (Å²) in [6, 6.07) is 33.0. The predicted molar refractivity (Wildman–Crippen MR) is 220 cm³/mol. The number of nitrogens with one attached hydrogen (secondary N) is 3. The minimum Gasteiger partial charge on any atom is -0.489 e. The average molecular weight is 774 g/mol. The minimum absolute atomic E-state index is 0.0479. The molecule has 9 nitrogen and oxygen atoms in total. The summed E-state index contributed by atoms with van der Waals surface area (Å²) in [5.41, 5.74) is 4.15. The van der Waals surface area contributed by atoms with Crippen LogP contribution in [0.15, 0.2) is 120 Å². The van der Waals surface area contributed by atoms with Crippen LogP contribution in [0, 0.1) is 0 Å². The van der Waals surface area contributed by atoms with Crippen molar-refractivity contribution in [1.29, 1.82) is 0 Å². The molecular weight excluding hydrogens is 731 g/mol. The van der Waals surface area contributed by atoms with Gasteiger partial charge in [-0.3, -0.25) is 14.4 Å². The lowest BCUT2D eigenvalue weighted by atomic mass is 9.95. The second-order valence-electron chi connectivity index (χ2n) is 12.8. The van der Waals surface area contributed by atoms with Crippen molar-refractivity contribution >= 4 is 63.6 Å². The maximum Gasteiger partial charge on any atom is 0.341 e. The Labute approximate surface area is 329 Å². The second-order valence-corrected chi connectivity index (χ2v) is 15.2. The Kier molecular flexibility index (Phi) is 13.6. The van der Waals surface area contributed by atoms with Gasteiger partial charge in [0.1, 0.15) is 23.1 Å². The number of rotatable bonds is 15. The standard InChI is InChI=1S/C44H43N3O6S2/c1-3-37(42(50)47-43-39(44(51)52-4-2)35-20-11-12-21-38(35)55-43)54-34-19-13-18-32(27-34)45-41(49)36(46-40(48)31-16-9-6-10-17-31)26-29-22-24-33(25-23-29)53-28-30-14-7-5-8-15-30/h5-10,13-19,22-27,37H,3-4,11-12,20-21,28H2,1-2H3,(H,45,49)(H,46,48)(H,47,50)/b36-26+. The normalized spacial score (nSPS) is 12.9. The fraction of sp³-hybridized carbons (Fsp3) is 0.227. The topological polar surface area (TPSA) is 123 Å². The Balaban J connectivity index is 1.16. The Morgan fingerprint density at radius 2 is 1.56 bits per heavy atom. The van der Waals surface area contributed by atoms with E-state index in [1.807, 2.05) is 73.7 Å². The maximum atomic E-state index is 13.8. The van der Waals surface area contributed by atoms with E-state index in [1.165, 1.54) is 23.1 Å². The zero-order valence-electron chi connectivity index (χ0n) is 30.8. The van der Waals surface area contributed by atoms with E-state index < -0.39 is 23.0 Å². The molecule has 1 atom stereocenters. The molecule has 1 heterocycles. The number of aryl methyl sites for hydroxylation is 1. The second kappa shape index (κ2) is 19.1. The van der Waals surface area contributed by atoms with Gasteiger partial charge in [0.2, 0.25) is 5.91 Å². The van der Waals surface area contributed by atoms with Crippen molar-refractivity contribution in [2.75, 3.05) is 17.2 Å². The maximum absolute atomic E-state index is 13.8. The number of fused-ring (bicyclic) bond motifs is 1. The van der Waals surface area contributed by atoms with Crippen molar-refractivity contribution in [1.82, 2.24) is 5.32 Å². The molecule has 1 aliphatic rings. The molecule has 0 spiro atoms. The van der Waals surface area contributed by atoms with Gasteiger partial charge >= 0.3 is 5.97 Å². The first-order valence-electron chi connectivity index (χ1n) is 18.4. The highest BCUT2D eigenvalue weighted by Gasteiger charge is 2.29. The van der Waals surface area contributed by atoms with Gasteiger partial charge in [-0.05, 0) is 104 Å². The fourth-order valence-corrected chi connectivity index (χ4v) is 8.40. The largest absolute Gasteiger partial charge is 0.489 e. The quantitative estimate of drug-likeness (QED) is 0.0551. The monoisotopic (exact) mass is 773 g/mol. The first-order chi connectivity index (χ1) is 26.8. The summed E-state index contributed by atoms with van der Waals surface area (Å²) in [5, 5.41) is 8.82. The number of hydrogen-bond acceptors (Lipinski definition) is 8. The molecule has 6 rings (SSSR count). The Bertz CT molecular complexity index is 2150. The lowest BCUT2D eigenvalue weighted by Gasteiger charge is -2.16. The lowest BCUT2D eigenvalue weighted by molar-refractivity contribution is -0.116. The molecule has 55 heavy (non-hydrogen) atoms. The molecule has 3 amide bonds. The van der Waals surface area contributed by atoms with Crippen LogP contribution in [0.3, 0.4) is 0 Å². The smallest absolute Gasteiger partial charge is 0.341 e. The molecule has 4 aromatic carbocycles. The first-order valence-corrected chi connectivity index (χ1v) is 20.1.